The summed E-state index contributed by atoms with van der Waals surface area (Å²) >= 11 is 0. The summed E-state index contributed by atoms with van der Waals surface area (Å²) < 4.78 is 13.2. The molecule has 5 heteroatoms. The Morgan fingerprint density at radius 2 is 1.62 bits per heavy atom. The maximum atomic E-state index is 13.2. The number of carbonyl (C=O) groups excluding carboxylic acids is 1. The van der Waals surface area contributed by atoms with Crippen LogP contribution in [0.4, 0.5) is 4.39 Å². The fourth-order valence-corrected chi connectivity index (χ4v) is 5.30. The second kappa shape index (κ2) is 11.6. The van der Waals surface area contributed by atoms with Gasteiger partial charge in [-0.3, -0.25) is 4.79 Å². The van der Waals surface area contributed by atoms with Crippen molar-refractivity contribution in [2.45, 2.75) is 32.1 Å². The van der Waals surface area contributed by atoms with Gasteiger partial charge in [0.15, 0.2) is 0 Å². The van der Waals surface area contributed by atoms with Gasteiger partial charge in [-0.05, 0) is 85.6 Å². The van der Waals surface area contributed by atoms with Crippen LogP contribution < -0.4 is 0 Å². The molecule has 0 aromatic heterocycles. The van der Waals surface area contributed by atoms with Crippen molar-refractivity contribution in [3.05, 3.63) is 83.7 Å². The van der Waals surface area contributed by atoms with Gasteiger partial charge in [0.25, 0.3) is 5.91 Å². The van der Waals surface area contributed by atoms with Gasteiger partial charge in [-0.1, -0.05) is 48.5 Å². The maximum Gasteiger partial charge on any atom is 0.254 e. The topological polar surface area (TPSA) is 43.8 Å². The third kappa shape index (κ3) is 5.83. The Hall–Kier alpha value is -2.76. The molecule has 2 fully saturated rings. The number of hydrogen-bond donors (Lipinski definition) is 1. The standard InChI is InChI=1S/C27H29FN2O.C2H6O/c28-24-10-8-21(9-11-24)22-13-15-29(16-14-22)18-20-12-17-30(19-20)27(31)26-7-3-5-23-4-1-2-6-25(23)26;1-2-3/h1-11,20,22H,12-19H2;3H,2H2,1H3/t20-;/m1./s1. The van der Waals surface area contributed by atoms with Crippen LogP contribution in [0.1, 0.15) is 48.0 Å². The Labute approximate surface area is 202 Å². The number of piperidine rings is 1. The van der Waals surface area contributed by atoms with Crippen LogP contribution in [-0.4, -0.2) is 60.1 Å². The van der Waals surface area contributed by atoms with E-state index in [-0.39, 0.29) is 18.3 Å². The molecule has 4 nitrogen and oxygen atoms in total. The number of likely N-dealkylation sites (tertiary alicyclic amines) is 2. The van der Waals surface area contributed by atoms with Crippen LogP contribution in [0.15, 0.2) is 66.7 Å². The lowest BCUT2D eigenvalue weighted by atomic mass is 9.89. The van der Waals surface area contributed by atoms with Crippen LogP contribution in [0.3, 0.4) is 0 Å². The van der Waals surface area contributed by atoms with Gasteiger partial charge < -0.3 is 14.9 Å². The van der Waals surface area contributed by atoms with Gasteiger partial charge in [0.2, 0.25) is 0 Å². The molecule has 1 N–H and O–H groups in total. The Morgan fingerprint density at radius 3 is 2.35 bits per heavy atom. The van der Waals surface area contributed by atoms with Crippen molar-refractivity contribution in [3.8, 4) is 0 Å². The van der Waals surface area contributed by atoms with E-state index in [1.807, 2.05) is 47.4 Å². The number of carbonyl (C=O) groups is 1. The molecular formula is C29H35FN2O2. The van der Waals surface area contributed by atoms with Crippen LogP contribution in [0.25, 0.3) is 10.8 Å². The zero-order valence-electron chi connectivity index (χ0n) is 20.0. The van der Waals surface area contributed by atoms with E-state index in [9.17, 15) is 9.18 Å². The minimum Gasteiger partial charge on any atom is -0.397 e. The molecule has 2 aliphatic heterocycles. The Morgan fingerprint density at radius 1 is 0.941 bits per heavy atom. The summed E-state index contributed by atoms with van der Waals surface area (Å²) in [6.45, 7) is 6.85. The predicted octanol–water partition coefficient (Wildman–Crippen LogP) is 5.32. The van der Waals surface area contributed by atoms with Gasteiger partial charge in [-0.25, -0.2) is 4.39 Å². The highest BCUT2D eigenvalue weighted by molar-refractivity contribution is 6.07. The van der Waals surface area contributed by atoms with E-state index >= 15 is 0 Å². The fourth-order valence-electron chi connectivity index (χ4n) is 5.30. The van der Waals surface area contributed by atoms with Crippen LogP contribution in [0.5, 0.6) is 0 Å². The molecule has 0 saturated carbocycles. The molecular weight excluding hydrogens is 427 g/mol. The molecule has 3 aromatic carbocycles. The molecule has 2 aliphatic rings. The van der Waals surface area contributed by atoms with Crippen LogP contribution >= 0.6 is 0 Å². The quantitative estimate of drug-likeness (QED) is 0.571. The fraction of sp³-hybridized carbons (Fsp3) is 0.414. The Balaban J connectivity index is 0.000000868. The van der Waals surface area contributed by atoms with Gasteiger partial charge in [0.05, 0.1) is 0 Å². The third-order valence-corrected chi connectivity index (χ3v) is 7.04. The van der Waals surface area contributed by atoms with Crippen LogP contribution in [0, 0.1) is 11.7 Å². The van der Waals surface area contributed by atoms with E-state index in [4.69, 9.17) is 5.11 Å². The summed E-state index contributed by atoms with van der Waals surface area (Å²) in [5.41, 5.74) is 2.08. The van der Waals surface area contributed by atoms with Crippen molar-refractivity contribution >= 4 is 16.7 Å². The van der Waals surface area contributed by atoms with E-state index in [0.717, 1.165) is 68.3 Å². The largest absolute Gasteiger partial charge is 0.397 e. The smallest absolute Gasteiger partial charge is 0.254 e. The maximum absolute atomic E-state index is 13.2. The predicted molar refractivity (Wildman–Crippen MR) is 136 cm³/mol. The first-order valence-electron chi connectivity index (χ1n) is 12.4. The van der Waals surface area contributed by atoms with Gasteiger partial charge in [-0.2, -0.15) is 0 Å². The van der Waals surface area contributed by atoms with E-state index in [0.29, 0.717) is 11.8 Å². The number of halogens is 1. The molecule has 3 aromatic rings. The lowest BCUT2D eigenvalue weighted by Gasteiger charge is -2.33. The molecule has 2 saturated heterocycles. The number of rotatable bonds is 4. The molecule has 2 heterocycles. The summed E-state index contributed by atoms with van der Waals surface area (Å²) in [6, 6.07) is 21.1. The zero-order valence-corrected chi connectivity index (χ0v) is 20.0. The molecule has 0 aliphatic carbocycles. The number of nitrogens with zero attached hydrogens (tertiary/aromatic N) is 2. The molecule has 5 rings (SSSR count). The lowest BCUT2D eigenvalue weighted by Crippen LogP contribution is -2.37. The number of fused-ring (bicyclic) bond motifs is 1. The summed E-state index contributed by atoms with van der Waals surface area (Å²) in [7, 11) is 0. The molecule has 0 unspecified atom stereocenters. The molecule has 1 amide bonds. The van der Waals surface area contributed by atoms with Crippen LogP contribution in [-0.2, 0) is 0 Å². The van der Waals surface area contributed by atoms with E-state index in [1.165, 1.54) is 5.56 Å². The first-order valence-corrected chi connectivity index (χ1v) is 12.4. The number of hydrogen-bond acceptors (Lipinski definition) is 3. The van der Waals surface area contributed by atoms with Gasteiger partial charge >= 0.3 is 0 Å². The highest BCUT2D eigenvalue weighted by Gasteiger charge is 2.30. The van der Waals surface area contributed by atoms with Crippen LogP contribution in [0.2, 0.25) is 0 Å². The van der Waals surface area contributed by atoms with Crippen molar-refractivity contribution in [1.29, 1.82) is 0 Å². The van der Waals surface area contributed by atoms with E-state index in [2.05, 4.69) is 17.0 Å². The highest BCUT2D eigenvalue weighted by atomic mass is 19.1. The third-order valence-electron chi connectivity index (χ3n) is 7.04. The number of aliphatic hydroxyl groups is 1. The second-order valence-corrected chi connectivity index (χ2v) is 9.38. The number of benzene rings is 3. The monoisotopic (exact) mass is 462 g/mol. The average Bonchev–Trinajstić information content (AvgIpc) is 3.33. The van der Waals surface area contributed by atoms with Crippen molar-refractivity contribution in [3.63, 3.8) is 0 Å². The summed E-state index contributed by atoms with van der Waals surface area (Å²) in [5, 5.41) is 9.73. The summed E-state index contributed by atoms with van der Waals surface area (Å²) in [5.74, 6) is 1.07. The van der Waals surface area contributed by atoms with E-state index in [1.54, 1.807) is 19.1 Å². The van der Waals surface area contributed by atoms with Crippen molar-refractivity contribution < 1.29 is 14.3 Å². The molecule has 0 spiro atoms. The Bertz CT molecular complexity index is 1070. The highest BCUT2D eigenvalue weighted by Crippen LogP contribution is 2.30. The SMILES string of the molecule is CCO.O=C(c1cccc2ccccc12)N1CC[C@H](CN2CCC(c3ccc(F)cc3)CC2)C1. The average molecular weight is 463 g/mol. The van der Waals surface area contributed by atoms with Crippen molar-refractivity contribution in [1.82, 2.24) is 9.80 Å². The summed E-state index contributed by atoms with van der Waals surface area (Å²) in [4.78, 5) is 17.8. The van der Waals surface area contributed by atoms with E-state index < -0.39 is 0 Å². The normalized spacial score (nSPS) is 19.1. The van der Waals surface area contributed by atoms with Gasteiger partial charge in [0.1, 0.15) is 5.82 Å². The zero-order chi connectivity index (χ0) is 23.9. The van der Waals surface area contributed by atoms with Crippen molar-refractivity contribution in [2.75, 3.05) is 39.3 Å². The van der Waals surface area contributed by atoms with Crippen molar-refractivity contribution in [2.24, 2.45) is 5.92 Å². The first kappa shape index (κ1) is 24.4. The first-order chi connectivity index (χ1) is 16.6. The minimum absolute atomic E-state index is 0.161. The molecule has 0 radical (unpaired) electrons. The Kier molecular flexibility index (Phi) is 8.30. The number of amides is 1. The second-order valence-electron chi connectivity index (χ2n) is 9.38. The minimum atomic E-state index is -0.162. The molecule has 0 bridgehead atoms. The molecule has 1 atom stereocenters. The molecule has 180 valence electrons. The van der Waals surface area contributed by atoms with Gasteiger partial charge in [-0.15, -0.1) is 0 Å². The molecule has 34 heavy (non-hydrogen) atoms. The summed E-state index contributed by atoms with van der Waals surface area (Å²) in [6.07, 6.45) is 3.32. The van der Waals surface area contributed by atoms with Gasteiger partial charge in [0, 0.05) is 31.8 Å². The lowest BCUT2D eigenvalue weighted by molar-refractivity contribution is 0.0784. The number of aliphatic hydroxyl groups excluding tert-OH is 1.